The second kappa shape index (κ2) is 9.23. The van der Waals surface area contributed by atoms with Gasteiger partial charge in [-0.25, -0.2) is 9.89 Å². The standard InChI is InChI=1S/C20H27BrN6O2/c21-17-4-2-1-3-16(17)13-26-9-11-27(12-10-26)19(28)15-5-7-25(8-6-15)14-18-22-20(29)24-23-18/h1-4,15H,5-14H2,(H2,22,23,24,29). The number of likely N-dealkylation sites (tertiary alicyclic amines) is 1. The third kappa shape index (κ3) is 5.15. The number of carbonyl (C=O) groups is 1. The molecule has 2 N–H and O–H groups in total. The Labute approximate surface area is 178 Å². The van der Waals surface area contributed by atoms with Gasteiger partial charge in [-0.2, -0.15) is 5.10 Å². The summed E-state index contributed by atoms with van der Waals surface area (Å²) in [4.78, 5) is 33.5. The van der Waals surface area contributed by atoms with Crippen molar-refractivity contribution >= 4 is 21.8 Å². The second-order valence-corrected chi connectivity index (χ2v) is 8.72. The lowest BCUT2D eigenvalue weighted by Gasteiger charge is -2.38. The van der Waals surface area contributed by atoms with Gasteiger partial charge >= 0.3 is 5.69 Å². The maximum Gasteiger partial charge on any atom is 0.340 e. The topological polar surface area (TPSA) is 88.3 Å². The predicted octanol–water partition coefficient (Wildman–Crippen LogP) is 1.42. The zero-order valence-electron chi connectivity index (χ0n) is 16.4. The first-order valence-electron chi connectivity index (χ1n) is 10.2. The molecule has 0 atom stereocenters. The highest BCUT2D eigenvalue weighted by Crippen LogP contribution is 2.22. The van der Waals surface area contributed by atoms with Gasteiger partial charge in [0.15, 0.2) is 0 Å². The average Bonchev–Trinajstić information content (AvgIpc) is 3.15. The molecule has 1 aromatic heterocycles. The number of aromatic nitrogens is 3. The van der Waals surface area contributed by atoms with E-state index >= 15 is 0 Å². The molecule has 0 aliphatic carbocycles. The molecule has 3 heterocycles. The van der Waals surface area contributed by atoms with E-state index in [4.69, 9.17) is 0 Å². The van der Waals surface area contributed by atoms with Crippen LogP contribution in [0.5, 0.6) is 0 Å². The van der Waals surface area contributed by atoms with Crippen LogP contribution in [0.1, 0.15) is 24.2 Å². The Morgan fingerprint density at radius 1 is 1.03 bits per heavy atom. The average molecular weight is 463 g/mol. The van der Waals surface area contributed by atoms with Crippen LogP contribution in [0.2, 0.25) is 0 Å². The highest BCUT2D eigenvalue weighted by Gasteiger charge is 2.30. The molecule has 1 aromatic carbocycles. The predicted molar refractivity (Wildman–Crippen MR) is 113 cm³/mol. The smallest absolute Gasteiger partial charge is 0.340 e. The van der Waals surface area contributed by atoms with E-state index in [1.165, 1.54) is 5.56 Å². The molecule has 2 aliphatic heterocycles. The third-order valence-corrected chi connectivity index (χ3v) is 6.67. The summed E-state index contributed by atoms with van der Waals surface area (Å²) in [5, 5.41) is 6.36. The first-order valence-corrected chi connectivity index (χ1v) is 11.0. The summed E-state index contributed by atoms with van der Waals surface area (Å²) < 4.78 is 1.14. The van der Waals surface area contributed by atoms with Crippen molar-refractivity contribution in [1.82, 2.24) is 29.9 Å². The lowest BCUT2D eigenvalue weighted by Crippen LogP contribution is -2.51. The van der Waals surface area contributed by atoms with Gasteiger partial charge in [-0.1, -0.05) is 34.1 Å². The second-order valence-electron chi connectivity index (χ2n) is 7.87. The zero-order valence-corrected chi connectivity index (χ0v) is 18.0. The molecule has 0 radical (unpaired) electrons. The highest BCUT2D eigenvalue weighted by molar-refractivity contribution is 9.10. The van der Waals surface area contributed by atoms with Crippen molar-refractivity contribution < 1.29 is 4.79 Å². The summed E-state index contributed by atoms with van der Waals surface area (Å²) in [6, 6.07) is 8.32. The van der Waals surface area contributed by atoms with Crippen LogP contribution in [0, 0.1) is 5.92 Å². The first-order chi connectivity index (χ1) is 14.1. The van der Waals surface area contributed by atoms with Crippen LogP contribution < -0.4 is 5.69 Å². The van der Waals surface area contributed by atoms with Crippen LogP contribution in [-0.2, 0) is 17.9 Å². The Morgan fingerprint density at radius 2 is 1.72 bits per heavy atom. The lowest BCUT2D eigenvalue weighted by molar-refractivity contribution is -0.139. The Balaban J connectivity index is 1.22. The number of benzene rings is 1. The molecule has 0 spiro atoms. The van der Waals surface area contributed by atoms with Crippen LogP contribution in [0.25, 0.3) is 0 Å². The highest BCUT2D eigenvalue weighted by atomic mass is 79.9. The van der Waals surface area contributed by atoms with Crippen molar-refractivity contribution in [3.63, 3.8) is 0 Å². The number of carbonyl (C=O) groups excluding carboxylic acids is 1. The number of hydrogen-bond acceptors (Lipinski definition) is 5. The number of nitrogens with zero attached hydrogens (tertiary/aromatic N) is 4. The monoisotopic (exact) mass is 462 g/mol. The molecular weight excluding hydrogens is 436 g/mol. The van der Waals surface area contributed by atoms with Crippen molar-refractivity contribution in [2.45, 2.75) is 25.9 Å². The van der Waals surface area contributed by atoms with Gasteiger partial charge in [0.1, 0.15) is 5.82 Å². The van der Waals surface area contributed by atoms with Crippen molar-refractivity contribution in [2.75, 3.05) is 39.3 Å². The minimum atomic E-state index is -0.274. The quantitative estimate of drug-likeness (QED) is 0.701. The van der Waals surface area contributed by atoms with Crippen LogP contribution >= 0.6 is 15.9 Å². The van der Waals surface area contributed by atoms with E-state index in [2.05, 4.69) is 59.1 Å². The van der Waals surface area contributed by atoms with Crippen molar-refractivity contribution in [3.05, 3.63) is 50.6 Å². The van der Waals surface area contributed by atoms with Crippen LogP contribution in [-0.4, -0.2) is 75.1 Å². The van der Waals surface area contributed by atoms with E-state index in [0.717, 1.165) is 63.1 Å². The van der Waals surface area contributed by atoms with Crippen LogP contribution in [0.3, 0.4) is 0 Å². The maximum absolute atomic E-state index is 13.0. The number of piperidine rings is 1. The van der Waals surface area contributed by atoms with Gasteiger partial charge in [0.05, 0.1) is 6.54 Å². The molecule has 2 aromatic rings. The van der Waals surface area contributed by atoms with Crippen molar-refractivity contribution in [3.8, 4) is 0 Å². The summed E-state index contributed by atoms with van der Waals surface area (Å²) in [6.45, 7) is 6.68. The summed E-state index contributed by atoms with van der Waals surface area (Å²) in [5.74, 6) is 1.07. The fourth-order valence-corrected chi connectivity index (χ4v) is 4.59. The van der Waals surface area contributed by atoms with Gasteiger partial charge in [-0.05, 0) is 37.6 Å². The number of nitrogens with one attached hydrogen (secondary N) is 2. The van der Waals surface area contributed by atoms with Gasteiger partial charge in [-0.3, -0.25) is 19.6 Å². The molecule has 1 amide bonds. The van der Waals surface area contributed by atoms with Gasteiger partial charge in [0, 0.05) is 43.1 Å². The van der Waals surface area contributed by atoms with E-state index in [-0.39, 0.29) is 11.6 Å². The Morgan fingerprint density at radius 3 is 2.38 bits per heavy atom. The maximum atomic E-state index is 13.0. The molecule has 4 rings (SSSR count). The number of halogens is 1. The van der Waals surface area contributed by atoms with Crippen LogP contribution in [0.4, 0.5) is 0 Å². The van der Waals surface area contributed by atoms with Gasteiger partial charge in [0.25, 0.3) is 0 Å². The van der Waals surface area contributed by atoms with E-state index in [0.29, 0.717) is 18.3 Å². The van der Waals surface area contributed by atoms with Crippen LogP contribution in [0.15, 0.2) is 33.5 Å². The molecule has 0 unspecified atom stereocenters. The Kier molecular flexibility index (Phi) is 6.46. The van der Waals surface area contributed by atoms with E-state index < -0.39 is 0 Å². The fourth-order valence-electron chi connectivity index (χ4n) is 4.18. The van der Waals surface area contributed by atoms with E-state index in [1.807, 2.05) is 11.0 Å². The van der Waals surface area contributed by atoms with Gasteiger partial charge in [0.2, 0.25) is 5.91 Å². The number of hydrogen-bond donors (Lipinski definition) is 2. The molecule has 9 heteroatoms. The van der Waals surface area contributed by atoms with Crippen molar-refractivity contribution in [1.29, 1.82) is 0 Å². The van der Waals surface area contributed by atoms with Crippen molar-refractivity contribution in [2.24, 2.45) is 5.92 Å². The number of H-pyrrole nitrogens is 2. The Hall–Kier alpha value is -1.97. The third-order valence-electron chi connectivity index (χ3n) is 5.90. The van der Waals surface area contributed by atoms with E-state index in [1.54, 1.807) is 0 Å². The summed E-state index contributed by atoms with van der Waals surface area (Å²) >= 11 is 3.62. The minimum absolute atomic E-state index is 0.110. The molecule has 0 saturated carbocycles. The lowest BCUT2D eigenvalue weighted by atomic mass is 9.95. The Bertz CT molecular complexity index is 881. The number of piperazine rings is 1. The van der Waals surface area contributed by atoms with Gasteiger partial charge < -0.3 is 4.90 Å². The summed E-state index contributed by atoms with van der Waals surface area (Å²) in [6.07, 6.45) is 1.73. The molecule has 2 aliphatic rings. The zero-order chi connectivity index (χ0) is 20.2. The molecule has 2 fully saturated rings. The molecule has 156 valence electrons. The molecular formula is C20H27BrN6O2. The van der Waals surface area contributed by atoms with E-state index in [9.17, 15) is 9.59 Å². The first kappa shape index (κ1) is 20.3. The number of aromatic amines is 2. The number of amides is 1. The largest absolute Gasteiger partial charge is 0.340 e. The molecule has 2 saturated heterocycles. The molecule has 8 nitrogen and oxygen atoms in total. The molecule has 29 heavy (non-hydrogen) atoms. The molecule has 0 bridgehead atoms. The fraction of sp³-hybridized carbons (Fsp3) is 0.550. The minimum Gasteiger partial charge on any atom is -0.340 e. The van der Waals surface area contributed by atoms with Gasteiger partial charge in [-0.15, -0.1) is 0 Å². The SMILES string of the molecule is O=C(C1CCN(Cc2n[nH]c(=O)[nH]2)CC1)N1CCN(Cc2ccccc2Br)CC1. The summed E-state index contributed by atoms with van der Waals surface area (Å²) in [7, 11) is 0. The summed E-state index contributed by atoms with van der Waals surface area (Å²) in [5.41, 5.74) is 1.02. The normalized spacial score (nSPS) is 19.6. The number of rotatable bonds is 5.